The third kappa shape index (κ3) is 5.50. The molecule has 0 aliphatic carbocycles. The topological polar surface area (TPSA) is 67.9 Å². The first kappa shape index (κ1) is 20.7. The summed E-state index contributed by atoms with van der Waals surface area (Å²) in [4.78, 5) is 26.8. The lowest BCUT2D eigenvalue weighted by atomic mass is 9.93. The average molecular weight is 396 g/mol. The number of piperidine rings is 1. The van der Waals surface area contributed by atoms with Crippen molar-refractivity contribution in [2.75, 3.05) is 27.3 Å². The Kier molecular flexibility index (Phi) is 7.11. The molecule has 0 spiro atoms. The van der Waals surface area contributed by atoms with E-state index >= 15 is 0 Å². The maximum atomic E-state index is 12.5. The van der Waals surface area contributed by atoms with Crippen LogP contribution in [0.5, 0.6) is 11.5 Å². The van der Waals surface area contributed by atoms with Gasteiger partial charge in [-0.25, -0.2) is 0 Å². The first-order valence-corrected chi connectivity index (χ1v) is 9.92. The Labute approximate surface area is 171 Å². The molecule has 1 heterocycles. The molecular formula is C23H28N2O4. The van der Waals surface area contributed by atoms with E-state index in [1.165, 1.54) is 0 Å². The minimum absolute atomic E-state index is 0.0238. The van der Waals surface area contributed by atoms with Crippen molar-refractivity contribution >= 4 is 11.8 Å². The number of amides is 2. The van der Waals surface area contributed by atoms with Gasteiger partial charge in [-0.15, -0.1) is 0 Å². The zero-order valence-corrected chi connectivity index (χ0v) is 17.0. The van der Waals surface area contributed by atoms with Crippen molar-refractivity contribution in [3.05, 3.63) is 59.7 Å². The molecule has 1 aliphatic heterocycles. The van der Waals surface area contributed by atoms with Crippen molar-refractivity contribution in [2.24, 2.45) is 5.92 Å². The number of nitrogens with one attached hydrogen (secondary N) is 1. The fourth-order valence-electron chi connectivity index (χ4n) is 3.63. The van der Waals surface area contributed by atoms with E-state index in [0.717, 1.165) is 24.0 Å². The van der Waals surface area contributed by atoms with E-state index in [4.69, 9.17) is 9.47 Å². The number of hydrogen-bond donors (Lipinski definition) is 1. The molecule has 0 aromatic heterocycles. The Balaban J connectivity index is 1.45. The van der Waals surface area contributed by atoms with Gasteiger partial charge in [-0.3, -0.25) is 9.59 Å². The molecule has 6 nitrogen and oxygen atoms in total. The second kappa shape index (κ2) is 9.96. The highest BCUT2D eigenvalue weighted by atomic mass is 16.5. The Hall–Kier alpha value is -3.02. The zero-order valence-electron chi connectivity index (χ0n) is 17.0. The number of carbonyl (C=O) groups is 2. The van der Waals surface area contributed by atoms with Crippen LogP contribution in [0.15, 0.2) is 48.5 Å². The van der Waals surface area contributed by atoms with Gasteiger partial charge in [0.25, 0.3) is 5.91 Å². The standard InChI is InChI=1S/C23H28N2O4/c1-28-20-9-8-19(21(15-20)29-2)16-24-22(26)14-17-10-12-25(13-11-17)23(27)18-6-4-3-5-7-18/h3-9,15,17H,10-14,16H2,1-2H3,(H,24,26). The number of benzene rings is 2. The van der Waals surface area contributed by atoms with Gasteiger partial charge in [0, 0.05) is 43.2 Å². The highest BCUT2D eigenvalue weighted by Crippen LogP contribution is 2.25. The monoisotopic (exact) mass is 396 g/mol. The predicted molar refractivity (Wildman–Crippen MR) is 111 cm³/mol. The van der Waals surface area contributed by atoms with E-state index in [9.17, 15) is 9.59 Å². The van der Waals surface area contributed by atoms with Gasteiger partial charge in [0.1, 0.15) is 11.5 Å². The first-order valence-electron chi connectivity index (χ1n) is 9.92. The molecular weight excluding hydrogens is 368 g/mol. The van der Waals surface area contributed by atoms with Gasteiger partial charge in [0.2, 0.25) is 5.91 Å². The largest absolute Gasteiger partial charge is 0.497 e. The van der Waals surface area contributed by atoms with Crippen LogP contribution in [-0.2, 0) is 11.3 Å². The van der Waals surface area contributed by atoms with Crippen LogP contribution >= 0.6 is 0 Å². The minimum Gasteiger partial charge on any atom is -0.497 e. The fourth-order valence-corrected chi connectivity index (χ4v) is 3.63. The van der Waals surface area contributed by atoms with Crippen molar-refractivity contribution in [1.82, 2.24) is 10.2 Å². The normalized spacial score (nSPS) is 14.3. The van der Waals surface area contributed by atoms with Gasteiger partial charge >= 0.3 is 0 Å². The molecule has 2 aromatic rings. The summed E-state index contributed by atoms with van der Waals surface area (Å²) in [5.41, 5.74) is 1.63. The molecule has 29 heavy (non-hydrogen) atoms. The van der Waals surface area contributed by atoms with Gasteiger partial charge < -0.3 is 19.7 Å². The number of hydrogen-bond acceptors (Lipinski definition) is 4. The molecule has 2 aromatic carbocycles. The summed E-state index contributed by atoms with van der Waals surface area (Å²) >= 11 is 0. The highest BCUT2D eigenvalue weighted by Gasteiger charge is 2.25. The Morgan fingerprint density at radius 1 is 1.03 bits per heavy atom. The molecule has 1 fully saturated rings. The predicted octanol–water partition coefficient (Wildman–Crippen LogP) is 3.26. The zero-order chi connectivity index (χ0) is 20.6. The van der Waals surface area contributed by atoms with Gasteiger partial charge in [-0.1, -0.05) is 18.2 Å². The summed E-state index contributed by atoms with van der Waals surface area (Å²) in [6, 6.07) is 14.9. The van der Waals surface area contributed by atoms with E-state index in [0.29, 0.717) is 43.5 Å². The van der Waals surface area contributed by atoms with E-state index in [-0.39, 0.29) is 11.8 Å². The van der Waals surface area contributed by atoms with E-state index in [2.05, 4.69) is 5.32 Å². The van der Waals surface area contributed by atoms with Gasteiger partial charge in [0.05, 0.1) is 14.2 Å². The Bertz CT molecular complexity index is 830. The van der Waals surface area contributed by atoms with Crippen LogP contribution in [0.1, 0.15) is 35.2 Å². The molecule has 1 N–H and O–H groups in total. The van der Waals surface area contributed by atoms with Crippen LogP contribution in [0, 0.1) is 5.92 Å². The van der Waals surface area contributed by atoms with Crippen molar-refractivity contribution in [2.45, 2.75) is 25.8 Å². The lowest BCUT2D eigenvalue weighted by molar-refractivity contribution is -0.122. The number of rotatable bonds is 7. The van der Waals surface area contributed by atoms with Crippen molar-refractivity contribution < 1.29 is 19.1 Å². The van der Waals surface area contributed by atoms with Crippen LogP contribution in [0.2, 0.25) is 0 Å². The van der Waals surface area contributed by atoms with Gasteiger partial charge in [-0.2, -0.15) is 0 Å². The van der Waals surface area contributed by atoms with E-state index in [1.807, 2.05) is 47.4 Å². The lowest BCUT2D eigenvalue weighted by Gasteiger charge is -2.31. The summed E-state index contributed by atoms with van der Waals surface area (Å²) in [6.07, 6.45) is 2.17. The molecule has 1 saturated heterocycles. The maximum absolute atomic E-state index is 12.5. The molecule has 154 valence electrons. The molecule has 2 amide bonds. The Morgan fingerprint density at radius 2 is 1.76 bits per heavy atom. The molecule has 6 heteroatoms. The summed E-state index contributed by atoms with van der Waals surface area (Å²) in [6.45, 7) is 1.80. The summed E-state index contributed by atoms with van der Waals surface area (Å²) in [5, 5.41) is 2.98. The van der Waals surface area contributed by atoms with Crippen molar-refractivity contribution in [1.29, 1.82) is 0 Å². The molecule has 0 atom stereocenters. The molecule has 0 radical (unpaired) electrons. The van der Waals surface area contributed by atoms with Crippen LogP contribution in [0.4, 0.5) is 0 Å². The van der Waals surface area contributed by atoms with Crippen LogP contribution in [0.3, 0.4) is 0 Å². The summed E-state index contributed by atoms with van der Waals surface area (Å²) < 4.78 is 10.6. The average Bonchev–Trinajstić information content (AvgIpc) is 2.78. The molecule has 0 bridgehead atoms. The third-order valence-electron chi connectivity index (χ3n) is 5.37. The first-order chi connectivity index (χ1) is 14.1. The minimum atomic E-state index is 0.0238. The van der Waals surface area contributed by atoms with Crippen molar-refractivity contribution in [3.63, 3.8) is 0 Å². The molecule has 3 rings (SSSR count). The van der Waals surface area contributed by atoms with Crippen LogP contribution in [0.25, 0.3) is 0 Å². The highest BCUT2D eigenvalue weighted by molar-refractivity contribution is 5.94. The molecule has 0 saturated carbocycles. The van der Waals surface area contributed by atoms with E-state index in [1.54, 1.807) is 20.3 Å². The van der Waals surface area contributed by atoms with Crippen LogP contribution < -0.4 is 14.8 Å². The van der Waals surface area contributed by atoms with Crippen LogP contribution in [-0.4, -0.2) is 44.0 Å². The number of carbonyl (C=O) groups excluding carboxylic acids is 2. The van der Waals surface area contributed by atoms with Crippen molar-refractivity contribution in [3.8, 4) is 11.5 Å². The lowest BCUT2D eigenvalue weighted by Crippen LogP contribution is -2.39. The van der Waals surface area contributed by atoms with Gasteiger partial charge in [0.15, 0.2) is 0 Å². The van der Waals surface area contributed by atoms with Gasteiger partial charge in [-0.05, 0) is 43.0 Å². The number of nitrogens with zero attached hydrogens (tertiary/aromatic N) is 1. The maximum Gasteiger partial charge on any atom is 0.253 e. The third-order valence-corrected chi connectivity index (χ3v) is 5.37. The second-order valence-electron chi connectivity index (χ2n) is 7.26. The summed E-state index contributed by atoms with van der Waals surface area (Å²) in [7, 11) is 3.21. The second-order valence-corrected chi connectivity index (χ2v) is 7.26. The number of ether oxygens (including phenoxy) is 2. The number of likely N-dealkylation sites (tertiary alicyclic amines) is 1. The summed E-state index contributed by atoms with van der Waals surface area (Å²) in [5.74, 6) is 1.80. The molecule has 0 unspecified atom stereocenters. The SMILES string of the molecule is COc1ccc(CNC(=O)CC2CCN(C(=O)c3ccccc3)CC2)c(OC)c1. The number of methoxy groups -OCH3 is 2. The quantitative estimate of drug-likeness (QED) is 0.780. The smallest absolute Gasteiger partial charge is 0.253 e. The fraction of sp³-hybridized carbons (Fsp3) is 0.391. The van der Waals surface area contributed by atoms with E-state index < -0.39 is 0 Å². The molecule has 1 aliphatic rings. The Morgan fingerprint density at radius 3 is 2.41 bits per heavy atom.